The van der Waals surface area contributed by atoms with Crippen LogP contribution in [0, 0.1) is 11.6 Å². The number of anilines is 2. The van der Waals surface area contributed by atoms with Gasteiger partial charge in [0, 0.05) is 43.9 Å². The minimum Gasteiger partial charge on any atom is -0.441 e. The number of hydrogen-bond donors (Lipinski definition) is 1. The number of oxazole rings is 1. The Morgan fingerprint density at radius 1 is 1.21 bits per heavy atom. The van der Waals surface area contributed by atoms with Crippen molar-refractivity contribution in [3.05, 3.63) is 66.2 Å². The first kappa shape index (κ1) is 19.5. The molecule has 1 aromatic heterocycles. The third-order valence-corrected chi connectivity index (χ3v) is 4.36. The summed E-state index contributed by atoms with van der Waals surface area (Å²) in [5.74, 6) is -1.05. The second-order valence-corrected chi connectivity index (χ2v) is 6.36. The van der Waals surface area contributed by atoms with Crippen molar-refractivity contribution >= 4 is 17.3 Å². The number of rotatable bonds is 7. The van der Waals surface area contributed by atoms with E-state index < -0.39 is 11.6 Å². The Bertz CT molecular complexity index is 972. The van der Waals surface area contributed by atoms with Crippen LogP contribution in [0.1, 0.15) is 19.2 Å². The topological polar surface area (TPSA) is 58.4 Å². The predicted octanol–water partition coefficient (Wildman–Crippen LogP) is 4.65. The lowest BCUT2D eigenvalue weighted by atomic mass is 10.2. The van der Waals surface area contributed by atoms with Crippen molar-refractivity contribution in [1.82, 2.24) is 4.98 Å². The fourth-order valence-corrected chi connectivity index (χ4v) is 2.69. The molecular weight excluding hydrogens is 364 g/mol. The number of amides is 1. The molecule has 5 nitrogen and oxygen atoms in total. The number of carbonyl (C=O) groups is 1. The zero-order chi connectivity index (χ0) is 20.1. The molecule has 2 aromatic carbocycles. The molecule has 0 bridgehead atoms. The van der Waals surface area contributed by atoms with E-state index in [1.807, 2.05) is 38.2 Å². The van der Waals surface area contributed by atoms with Crippen molar-refractivity contribution in [2.75, 3.05) is 23.8 Å². The Morgan fingerprint density at radius 3 is 2.79 bits per heavy atom. The molecule has 0 aliphatic heterocycles. The standard InChI is InChI=1S/C21H21F2N3O2/c1-3-26(2)16-6-4-5-15(12-16)25-20(27)9-10-21-24-13-19(28-21)17-8-7-14(22)11-18(17)23/h4-8,11-13H,3,9-10H2,1-2H3,(H,25,27). The molecule has 1 heterocycles. The van der Waals surface area contributed by atoms with Gasteiger partial charge in [0.1, 0.15) is 11.6 Å². The quantitative estimate of drug-likeness (QED) is 0.643. The van der Waals surface area contributed by atoms with E-state index in [0.717, 1.165) is 24.4 Å². The average Bonchev–Trinajstić information content (AvgIpc) is 3.14. The fourth-order valence-electron chi connectivity index (χ4n) is 2.69. The van der Waals surface area contributed by atoms with Crippen LogP contribution in [0.5, 0.6) is 0 Å². The second-order valence-electron chi connectivity index (χ2n) is 6.36. The van der Waals surface area contributed by atoms with Gasteiger partial charge in [-0.2, -0.15) is 0 Å². The summed E-state index contributed by atoms with van der Waals surface area (Å²) in [6.07, 6.45) is 1.80. The highest BCUT2D eigenvalue weighted by Crippen LogP contribution is 2.25. The van der Waals surface area contributed by atoms with E-state index in [-0.39, 0.29) is 30.1 Å². The van der Waals surface area contributed by atoms with Crippen LogP contribution in [0.25, 0.3) is 11.3 Å². The number of nitrogens with one attached hydrogen (secondary N) is 1. The summed E-state index contributed by atoms with van der Waals surface area (Å²) in [5, 5.41) is 2.85. The van der Waals surface area contributed by atoms with Gasteiger partial charge < -0.3 is 14.6 Å². The van der Waals surface area contributed by atoms with E-state index >= 15 is 0 Å². The van der Waals surface area contributed by atoms with Crippen LogP contribution < -0.4 is 10.2 Å². The molecule has 1 amide bonds. The Labute approximate surface area is 162 Å². The van der Waals surface area contributed by atoms with Crippen LogP contribution in [0.2, 0.25) is 0 Å². The summed E-state index contributed by atoms with van der Waals surface area (Å²) in [4.78, 5) is 18.3. The van der Waals surface area contributed by atoms with Crippen molar-refractivity contribution in [2.45, 2.75) is 19.8 Å². The van der Waals surface area contributed by atoms with E-state index in [9.17, 15) is 13.6 Å². The van der Waals surface area contributed by atoms with Crippen molar-refractivity contribution in [1.29, 1.82) is 0 Å². The highest BCUT2D eigenvalue weighted by Gasteiger charge is 2.13. The van der Waals surface area contributed by atoms with Gasteiger partial charge in [-0.25, -0.2) is 13.8 Å². The maximum atomic E-state index is 13.8. The summed E-state index contributed by atoms with van der Waals surface area (Å²) < 4.78 is 32.3. The molecule has 0 saturated carbocycles. The minimum absolute atomic E-state index is 0.126. The van der Waals surface area contributed by atoms with Crippen LogP contribution in [0.4, 0.5) is 20.2 Å². The number of aryl methyl sites for hydroxylation is 1. The number of aromatic nitrogens is 1. The van der Waals surface area contributed by atoms with Crippen LogP contribution in [-0.4, -0.2) is 24.5 Å². The Morgan fingerprint density at radius 2 is 2.04 bits per heavy atom. The zero-order valence-electron chi connectivity index (χ0n) is 15.7. The Kier molecular flexibility index (Phi) is 6.03. The van der Waals surface area contributed by atoms with E-state index in [1.54, 1.807) is 0 Å². The van der Waals surface area contributed by atoms with Gasteiger partial charge in [-0.3, -0.25) is 4.79 Å². The number of benzene rings is 2. The van der Waals surface area contributed by atoms with Crippen LogP contribution in [0.3, 0.4) is 0 Å². The van der Waals surface area contributed by atoms with E-state index in [0.29, 0.717) is 11.6 Å². The minimum atomic E-state index is -0.725. The van der Waals surface area contributed by atoms with Crippen molar-refractivity contribution in [3.63, 3.8) is 0 Å². The van der Waals surface area contributed by atoms with Gasteiger partial charge in [-0.05, 0) is 37.3 Å². The third kappa shape index (κ3) is 4.73. The number of carbonyl (C=O) groups excluding carboxylic acids is 1. The molecule has 3 aromatic rings. The molecule has 7 heteroatoms. The molecule has 1 N–H and O–H groups in total. The second kappa shape index (κ2) is 8.65. The molecule has 3 rings (SSSR count). The summed E-state index contributed by atoms with van der Waals surface area (Å²) in [6.45, 7) is 2.91. The van der Waals surface area contributed by atoms with Crippen LogP contribution in [0.15, 0.2) is 53.1 Å². The lowest BCUT2D eigenvalue weighted by Crippen LogP contribution is -2.17. The molecule has 0 spiro atoms. The van der Waals surface area contributed by atoms with E-state index in [4.69, 9.17) is 4.42 Å². The summed E-state index contributed by atoms with van der Waals surface area (Å²) in [5.41, 5.74) is 1.85. The van der Waals surface area contributed by atoms with Gasteiger partial charge in [0.15, 0.2) is 11.7 Å². The van der Waals surface area contributed by atoms with Crippen molar-refractivity contribution in [3.8, 4) is 11.3 Å². The first-order valence-corrected chi connectivity index (χ1v) is 8.97. The summed E-state index contributed by atoms with van der Waals surface area (Å²) in [6, 6.07) is 10.8. The zero-order valence-corrected chi connectivity index (χ0v) is 15.7. The van der Waals surface area contributed by atoms with Gasteiger partial charge >= 0.3 is 0 Å². The van der Waals surface area contributed by atoms with Crippen molar-refractivity contribution in [2.24, 2.45) is 0 Å². The first-order chi connectivity index (χ1) is 13.5. The number of halogens is 2. The summed E-state index contributed by atoms with van der Waals surface area (Å²) >= 11 is 0. The van der Waals surface area contributed by atoms with E-state index in [2.05, 4.69) is 15.2 Å². The maximum absolute atomic E-state index is 13.8. The average molecular weight is 385 g/mol. The highest BCUT2D eigenvalue weighted by atomic mass is 19.1. The predicted molar refractivity (Wildman–Crippen MR) is 104 cm³/mol. The molecule has 0 fully saturated rings. The third-order valence-electron chi connectivity index (χ3n) is 4.36. The first-order valence-electron chi connectivity index (χ1n) is 8.97. The van der Waals surface area contributed by atoms with Gasteiger partial charge in [0.05, 0.1) is 11.8 Å². The molecular formula is C21H21F2N3O2. The number of nitrogens with zero attached hydrogens (tertiary/aromatic N) is 2. The van der Waals surface area contributed by atoms with Gasteiger partial charge in [0.25, 0.3) is 0 Å². The smallest absolute Gasteiger partial charge is 0.224 e. The monoisotopic (exact) mass is 385 g/mol. The molecule has 0 aliphatic rings. The van der Waals surface area contributed by atoms with Crippen LogP contribution >= 0.6 is 0 Å². The Hall–Kier alpha value is -3.22. The molecule has 0 radical (unpaired) electrons. The van der Waals surface area contributed by atoms with Crippen LogP contribution in [-0.2, 0) is 11.2 Å². The molecule has 0 aliphatic carbocycles. The number of hydrogen-bond acceptors (Lipinski definition) is 4. The summed E-state index contributed by atoms with van der Waals surface area (Å²) in [7, 11) is 1.98. The maximum Gasteiger partial charge on any atom is 0.224 e. The van der Waals surface area contributed by atoms with Gasteiger partial charge in [-0.1, -0.05) is 6.07 Å². The largest absolute Gasteiger partial charge is 0.441 e. The van der Waals surface area contributed by atoms with Crippen molar-refractivity contribution < 1.29 is 18.0 Å². The molecule has 0 unspecified atom stereocenters. The van der Waals surface area contributed by atoms with Gasteiger partial charge in [0.2, 0.25) is 5.91 Å². The van der Waals surface area contributed by atoms with Gasteiger partial charge in [-0.15, -0.1) is 0 Å². The molecule has 0 saturated heterocycles. The normalized spacial score (nSPS) is 10.7. The molecule has 0 atom stereocenters. The molecule has 146 valence electrons. The lowest BCUT2D eigenvalue weighted by molar-refractivity contribution is -0.116. The SMILES string of the molecule is CCN(C)c1cccc(NC(=O)CCc2ncc(-c3ccc(F)cc3F)o2)c1. The lowest BCUT2D eigenvalue weighted by Gasteiger charge is -2.17. The molecule has 28 heavy (non-hydrogen) atoms. The highest BCUT2D eigenvalue weighted by molar-refractivity contribution is 5.91. The van der Waals surface area contributed by atoms with E-state index in [1.165, 1.54) is 12.3 Å². The fraction of sp³-hybridized carbons (Fsp3) is 0.238. The Balaban J connectivity index is 1.59.